The Morgan fingerprint density at radius 1 is 1.33 bits per heavy atom. The number of hydrogen-bond acceptors (Lipinski definition) is 5. The number of benzene rings is 2. The van der Waals surface area contributed by atoms with E-state index in [0.717, 1.165) is 0 Å². The molecule has 0 aliphatic rings. The molecule has 0 heterocycles. The molecule has 7 nitrogen and oxygen atoms in total. The maximum Gasteiger partial charge on any atom is 0.269 e. The number of amides is 1. The largest absolute Gasteiger partial charge is 0.495 e. The minimum absolute atomic E-state index is 0.0164. The monoisotopic (exact) mass is 347 g/mol. The standard InChI is InChI=1S/C16H14ClN3O4/c1-24-15-7-4-12(8-14(15)19-16(21)9-17)18-10-11-2-5-13(6-3-11)20(22)23/h2-8,10H,9H2,1H3,(H,19,21). The summed E-state index contributed by atoms with van der Waals surface area (Å²) in [5.74, 6) is -0.0337. The molecule has 124 valence electrons. The fraction of sp³-hybridized carbons (Fsp3) is 0.125. The number of hydrogen-bond donors (Lipinski definition) is 1. The van der Waals surface area contributed by atoms with Crippen molar-refractivity contribution in [1.82, 2.24) is 0 Å². The Bertz CT molecular complexity index is 775. The predicted octanol–water partition coefficient (Wildman–Crippen LogP) is 3.53. The SMILES string of the molecule is COc1ccc(N=Cc2ccc([N+](=O)[O-])cc2)cc1NC(=O)CCl. The summed E-state index contributed by atoms with van der Waals surface area (Å²) in [5.41, 5.74) is 1.77. The summed E-state index contributed by atoms with van der Waals surface area (Å²) in [7, 11) is 1.49. The second kappa shape index (κ2) is 8.07. The summed E-state index contributed by atoms with van der Waals surface area (Å²) >= 11 is 5.48. The number of nitrogens with one attached hydrogen (secondary N) is 1. The van der Waals surface area contributed by atoms with Crippen LogP contribution in [0.4, 0.5) is 17.1 Å². The zero-order chi connectivity index (χ0) is 17.5. The van der Waals surface area contributed by atoms with Gasteiger partial charge < -0.3 is 10.1 Å². The number of rotatable bonds is 6. The molecule has 0 spiro atoms. The molecule has 0 bridgehead atoms. The number of nitrogens with zero attached hydrogens (tertiary/aromatic N) is 2. The topological polar surface area (TPSA) is 93.8 Å². The number of nitro benzene ring substituents is 1. The highest BCUT2D eigenvalue weighted by Crippen LogP contribution is 2.29. The van der Waals surface area contributed by atoms with Gasteiger partial charge in [-0.2, -0.15) is 0 Å². The molecule has 1 amide bonds. The van der Waals surface area contributed by atoms with Crippen LogP contribution in [0.3, 0.4) is 0 Å². The summed E-state index contributed by atoms with van der Waals surface area (Å²) in [6.07, 6.45) is 1.57. The number of nitro groups is 1. The first-order valence-electron chi connectivity index (χ1n) is 6.86. The molecule has 0 saturated carbocycles. The predicted molar refractivity (Wildman–Crippen MR) is 92.7 cm³/mol. The minimum Gasteiger partial charge on any atom is -0.495 e. The van der Waals surface area contributed by atoms with Gasteiger partial charge in [0.05, 0.1) is 23.4 Å². The van der Waals surface area contributed by atoms with Gasteiger partial charge in [0, 0.05) is 18.3 Å². The van der Waals surface area contributed by atoms with E-state index in [4.69, 9.17) is 16.3 Å². The van der Waals surface area contributed by atoms with Gasteiger partial charge in [0.15, 0.2) is 0 Å². The molecule has 2 aromatic carbocycles. The van der Waals surface area contributed by atoms with Crippen LogP contribution in [0.25, 0.3) is 0 Å². The fourth-order valence-electron chi connectivity index (χ4n) is 1.89. The summed E-state index contributed by atoms with van der Waals surface area (Å²) in [6.45, 7) is 0. The van der Waals surface area contributed by atoms with Crippen LogP contribution in [0, 0.1) is 10.1 Å². The third kappa shape index (κ3) is 4.53. The molecule has 24 heavy (non-hydrogen) atoms. The van der Waals surface area contributed by atoms with Crippen molar-refractivity contribution in [2.24, 2.45) is 4.99 Å². The van der Waals surface area contributed by atoms with E-state index in [1.54, 1.807) is 36.5 Å². The molecule has 0 fully saturated rings. The van der Waals surface area contributed by atoms with Gasteiger partial charge in [-0.15, -0.1) is 11.6 Å². The van der Waals surface area contributed by atoms with Crippen molar-refractivity contribution < 1.29 is 14.5 Å². The number of anilines is 1. The van der Waals surface area contributed by atoms with E-state index in [1.165, 1.54) is 19.2 Å². The van der Waals surface area contributed by atoms with E-state index in [9.17, 15) is 14.9 Å². The Labute approximate surface area is 143 Å². The van der Waals surface area contributed by atoms with Crippen LogP contribution in [0.15, 0.2) is 47.5 Å². The molecule has 0 aliphatic heterocycles. The Morgan fingerprint density at radius 3 is 2.62 bits per heavy atom. The van der Waals surface area contributed by atoms with Crippen LogP contribution in [-0.2, 0) is 4.79 Å². The highest BCUT2D eigenvalue weighted by molar-refractivity contribution is 6.29. The molecule has 2 aromatic rings. The lowest BCUT2D eigenvalue weighted by atomic mass is 10.2. The highest BCUT2D eigenvalue weighted by Gasteiger charge is 2.07. The maximum absolute atomic E-state index is 11.4. The molecule has 0 aliphatic carbocycles. The molecule has 2 rings (SSSR count). The summed E-state index contributed by atoms with van der Waals surface area (Å²) < 4.78 is 5.17. The van der Waals surface area contributed by atoms with Crippen LogP contribution in [0.2, 0.25) is 0 Å². The van der Waals surface area contributed by atoms with E-state index in [0.29, 0.717) is 22.7 Å². The Hall–Kier alpha value is -2.93. The molecule has 0 unspecified atom stereocenters. The summed E-state index contributed by atoms with van der Waals surface area (Å²) in [5, 5.41) is 13.2. The van der Waals surface area contributed by atoms with Crippen molar-refractivity contribution in [1.29, 1.82) is 0 Å². The Kier molecular flexibility index (Phi) is 5.86. The first-order chi connectivity index (χ1) is 11.5. The second-order valence-electron chi connectivity index (χ2n) is 4.67. The average molecular weight is 348 g/mol. The van der Waals surface area contributed by atoms with E-state index in [2.05, 4.69) is 10.3 Å². The van der Waals surface area contributed by atoms with Crippen molar-refractivity contribution >= 4 is 40.8 Å². The van der Waals surface area contributed by atoms with E-state index in [1.807, 2.05) is 0 Å². The van der Waals surface area contributed by atoms with Crippen molar-refractivity contribution in [3.63, 3.8) is 0 Å². The molecule has 0 radical (unpaired) electrons. The lowest BCUT2D eigenvalue weighted by molar-refractivity contribution is -0.384. The quantitative estimate of drug-likeness (QED) is 0.374. The first kappa shape index (κ1) is 17.4. The molecule has 1 N–H and O–H groups in total. The average Bonchev–Trinajstić information content (AvgIpc) is 2.60. The van der Waals surface area contributed by atoms with Crippen molar-refractivity contribution in [3.8, 4) is 5.75 Å². The number of non-ortho nitro benzene ring substituents is 1. The van der Waals surface area contributed by atoms with Crippen molar-refractivity contribution in [2.45, 2.75) is 0 Å². The minimum atomic E-state index is -0.462. The molecular formula is C16H14ClN3O4. The van der Waals surface area contributed by atoms with Crippen LogP contribution >= 0.6 is 11.6 Å². The van der Waals surface area contributed by atoms with Crippen LogP contribution < -0.4 is 10.1 Å². The maximum atomic E-state index is 11.4. The van der Waals surface area contributed by atoms with E-state index in [-0.39, 0.29) is 17.5 Å². The van der Waals surface area contributed by atoms with E-state index >= 15 is 0 Å². The zero-order valence-corrected chi connectivity index (χ0v) is 13.5. The van der Waals surface area contributed by atoms with Crippen LogP contribution in [0.5, 0.6) is 5.75 Å². The second-order valence-corrected chi connectivity index (χ2v) is 4.94. The molecule has 8 heteroatoms. The summed E-state index contributed by atoms with van der Waals surface area (Å²) in [4.78, 5) is 25.9. The number of halogens is 1. The van der Waals surface area contributed by atoms with Gasteiger partial charge in [-0.05, 0) is 35.9 Å². The normalized spacial score (nSPS) is 10.6. The number of carbonyl (C=O) groups excluding carboxylic acids is 1. The zero-order valence-electron chi connectivity index (χ0n) is 12.7. The number of ether oxygens (including phenoxy) is 1. The fourth-order valence-corrected chi connectivity index (χ4v) is 1.96. The van der Waals surface area contributed by atoms with Gasteiger partial charge >= 0.3 is 0 Å². The van der Waals surface area contributed by atoms with Gasteiger partial charge in [-0.3, -0.25) is 19.9 Å². The number of alkyl halides is 1. The van der Waals surface area contributed by atoms with Gasteiger partial charge in [0.1, 0.15) is 11.6 Å². The number of methoxy groups -OCH3 is 1. The van der Waals surface area contributed by atoms with Crippen molar-refractivity contribution in [2.75, 3.05) is 18.3 Å². The number of carbonyl (C=O) groups is 1. The smallest absolute Gasteiger partial charge is 0.269 e. The Morgan fingerprint density at radius 2 is 2.04 bits per heavy atom. The molecular weight excluding hydrogens is 334 g/mol. The lowest BCUT2D eigenvalue weighted by Gasteiger charge is -2.09. The van der Waals surface area contributed by atoms with Crippen molar-refractivity contribution in [3.05, 3.63) is 58.1 Å². The summed E-state index contributed by atoms with van der Waals surface area (Å²) in [6, 6.07) is 11.0. The van der Waals surface area contributed by atoms with Gasteiger partial charge in [-0.25, -0.2) is 0 Å². The van der Waals surface area contributed by atoms with Gasteiger partial charge in [0.25, 0.3) is 5.69 Å². The molecule has 0 atom stereocenters. The van der Waals surface area contributed by atoms with Gasteiger partial charge in [0.2, 0.25) is 5.91 Å². The highest BCUT2D eigenvalue weighted by atomic mass is 35.5. The molecule has 0 aromatic heterocycles. The lowest BCUT2D eigenvalue weighted by Crippen LogP contribution is -2.13. The first-order valence-corrected chi connectivity index (χ1v) is 7.39. The Balaban J connectivity index is 2.20. The molecule has 0 saturated heterocycles. The van der Waals surface area contributed by atoms with Crippen LogP contribution in [0.1, 0.15) is 5.56 Å². The third-order valence-corrected chi connectivity index (χ3v) is 3.29. The van der Waals surface area contributed by atoms with Crippen LogP contribution in [-0.4, -0.2) is 30.0 Å². The van der Waals surface area contributed by atoms with E-state index < -0.39 is 4.92 Å². The number of aliphatic imine (C=N–C) groups is 1. The van der Waals surface area contributed by atoms with Gasteiger partial charge in [-0.1, -0.05) is 0 Å². The third-order valence-electron chi connectivity index (χ3n) is 3.05.